The highest BCUT2D eigenvalue weighted by Gasteiger charge is 1.99. The summed E-state index contributed by atoms with van der Waals surface area (Å²) in [5, 5.41) is 3.35. The molecule has 3 nitrogen and oxygen atoms in total. The van der Waals surface area contributed by atoms with E-state index in [9.17, 15) is 0 Å². The zero-order valence-corrected chi connectivity index (χ0v) is 11.9. The molecule has 0 radical (unpaired) electrons. The third-order valence-corrected chi connectivity index (χ3v) is 3.08. The molecule has 1 heterocycles. The molecule has 0 bridgehead atoms. The van der Waals surface area contributed by atoms with Gasteiger partial charge in [-0.05, 0) is 58.7 Å². The molecule has 0 fully saturated rings. The minimum absolute atomic E-state index is 0.746. The highest BCUT2D eigenvalue weighted by molar-refractivity contribution is 9.10. The molecule has 1 aromatic carbocycles. The molecular weight excluding hydrogens is 294 g/mol. The normalized spacial score (nSPS) is 10.6. The van der Waals surface area contributed by atoms with E-state index in [1.54, 1.807) is 7.11 Å². The lowest BCUT2D eigenvalue weighted by Gasteiger charge is -2.05. The molecule has 96 valence electrons. The van der Waals surface area contributed by atoms with Crippen LogP contribution in [0, 0.1) is 0 Å². The number of halogens is 1. The summed E-state index contributed by atoms with van der Waals surface area (Å²) < 4.78 is 11.4. The molecule has 1 aromatic heterocycles. The van der Waals surface area contributed by atoms with E-state index in [0.29, 0.717) is 0 Å². The first-order valence-electron chi connectivity index (χ1n) is 5.86. The van der Waals surface area contributed by atoms with Gasteiger partial charge in [-0.2, -0.15) is 0 Å². The predicted molar refractivity (Wildman–Crippen MR) is 74.8 cm³/mol. The lowest BCUT2D eigenvalue weighted by molar-refractivity contribution is 0.414. The van der Waals surface area contributed by atoms with E-state index in [0.717, 1.165) is 35.7 Å². The van der Waals surface area contributed by atoms with Crippen LogP contribution in [0.3, 0.4) is 0 Å². The van der Waals surface area contributed by atoms with Crippen molar-refractivity contribution in [2.24, 2.45) is 0 Å². The van der Waals surface area contributed by atoms with E-state index in [1.165, 1.54) is 5.56 Å². The van der Waals surface area contributed by atoms with Gasteiger partial charge in [0.2, 0.25) is 0 Å². The average molecular weight is 310 g/mol. The second-order valence-electron chi connectivity index (χ2n) is 3.98. The van der Waals surface area contributed by atoms with Gasteiger partial charge in [0.05, 0.1) is 13.7 Å². The smallest absolute Gasteiger partial charge is 0.169 e. The first kappa shape index (κ1) is 13.2. The first-order chi connectivity index (χ1) is 8.78. The predicted octanol–water partition coefficient (Wildman–Crippen LogP) is 3.38. The van der Waals surface area contributed by atoms with Crippen molar-refractivity contribution < 1.29 is 9.15 Å². The Labute approximate surface area is 115 Å². The van der Waals surface area contributed by atoms with Crippen molar-refractivity contribution in [2.75, 3.05) is 13.7 Å². The topological polar surface area (TPSA) is 34.4 Å². The SMILES string of the molecule is COc1cccc(CCNCc2ccc(Br)o2)c1. The maximum atomic E-state index is 5.41. The number of furan rings is 1. The summed E-state index contributed by atoms with van der Waals surface area (Å²) in [5.41, 5.74) is 1.27. The van der Waals surface area contributed by atoms with Crippen LogP contribution in [0.2, 0.25) is 0 Å². The van der Waals surface area contributed by atoms with Gasteiger partial charge in [0.15, 0.2) is 4.67 Å². The van der Waals surface area contributed by atoms with Gasteiger partial charge in [-0.1, -0.05) is 12.1 Å². The van der Waals surface area contributed by atoms with Crippen molar-refractivity contribution in [3.8, 4) is 5.75 Å². The lowest BCUT2D eigenvalue weighted by Crippen LogP contribution is -2.16. The van der Waals surface area contributed by atoms with Gasteiger partial charge in [0.25, 0.3) is 0 Å². The number of benzene rings is 1. The summed E-state index contributed by atoms with van der Waals surface area (Å²) in [6.07, 6.45) is 0.971. The standard InChI is InChI=1S/C14H16BrNO2/c1-17-12-4-2-3-11(9-12)7-8-16-10-13-5-6-14(15)18-13/h2-6,9,16H,7-8,10H2,1H3. The molecule has 2 aromatic rings. The van der Waals surface area contributed by atoms with E-state index < -0.39 is 0 Å². The fourth-order valence-electron chi connectivity index (χ4n) is 1.72. The molecule has 0 aliphatic heterocycles. The molecule has 0 amide bonds. The Morgan fingerprint density at radius 2 is 2.17 bits per heavy atom. The molecule has 0 aliphatic rings. The third kappa shape index (κ3) is 3.89. The first-order valence-corrected chi connectivity index (χ1v) is 6.65. The minimum atomic E-state index is 0.746. The summed E-state index contributed by atoms with van der Waals surface area (Å²) >= 11 is 3.29. The van der Waals surface area contributed by atoms with Gasteiger partial charge in [-0.15, -0.1) is 0 Å². The van der Waals surface area contributed by atoms with Crippen molar-refractivity contribution in [1.82, 2.24) is 5.32 Å². The van der Waals surface area contributed by atoms with Gasteiger partial charge < -0.3 is 14.5 Å². The Balaban J connectivity index is 1.74. The molecule has 4 heteroatoms. The number of methoxy groups -OCH3 is 1. The lowest BCUT2D eigenvalue weighted by atomic mass is 10.1. The molecule has 0 unspecified atom stereocenters. The Hall–Kier alpha value is -1.26. The molecule has 0 aliphatic carbocycles. The fraction of sp³-hybridized carbons (Fsp3) is 0.286. The third-order valence-electron chi connectivity index (χ3n) is 2.65. The van der Waals surface area contributed by atoms with Gasteiger partial charge in [-0.25, -0.2) is 0 Å². The zero-order valence-electron chi connectivity index (χ0n) is 10.3. The van der Waals surface area contributed by atoms with Gasteiger partial charge in [-0.3, -0.25) is 0 Å². The molecule has 1 N–H and O–H groups in total. The van der Waals surface area contributed by atoms with Gasteiger partial charge >= 0.3 is 0 Å². The van der Waals surface area contributed by atoms with E-state index in [2.05, 4.69) is 33.4 Å². The van der Waals surface area contributed by atoms with Crippen LogP contribution in [0.15, 0.2) is 45.5 Å². The number of nitrogens with one attached hydrogen (secondary N) is 1. The van der Waals surface area contributed by atoms with E-state index >= 15 is 0 Å². The second kappa shape index (κ2) is 6.61. The highest BCUT2D eigenvalue weighted by Crippen LogP contribution is 2.14. The van der Waals surface area contributed by atoms with Crippen LogP contribution in [0.1, 0.15) is 11.3 Å². The van der Waals surface area contributed by atoms with Crippen molar-refractivity contribution in [2.45, 2.75) is 13.0 Å². The van der Waals surface area contributed by atoms with Crippen molar-refractivity contribution in [1.29, 1.82) is 0 Å². The summed E-state index contributed by atoms with van der Waals surface area (Å²) in [6, 6.07) is 12.0. The number of hydrogen-bond acceptors (Lipinski definition) is 3. The number of hydrogen-bond donors (Lipinski definition) is 1. The quantitative estimate of drug-likeness (QED) is 0.831. The monoisotopic (exact) mass is 309 g/mol. The summed E-state index contributed by atoms with van der Waals surface area (Å²) in [5.74, 6) is 1.84. The minimum Gasteiger partial charge on any atom is -0.497 e. The van der Waals surface area contributed by atoms with E-state index in [-0.39, 0.29) is 0 Å². The molecule has 0 spiro atoms. The van der Waals surface area contributed by atoms with Crippen LogP contribution in [0.25, 0.3) is 0 Å². The Bertz CT molecular complexity index is 496. The van der Waals surface area contributed by atoms with Crippen LogP contribution in [-0.4, -0.2) is 13.7 Å². The zero-order chi connectivity index (χ0) is 12.8. The highest BCUT2D eigenvalue weighted by atomic mass is 79.9. The molecule has 18 heavy (non-hydrogen) atoms. The Morgan fingerprint density at radius 1 is 1.28 bits per heavy atom. The molecule has 2 rings (SSSR count). The van der Waals surface area contributed by atoms with E-state index in [4.69, 9.17) is 9.15 Å². The van der Waals surface area contributed by atoms with Crippen LogP contribution in [0.4, 0.5) is 0 Å². The van der Waals surface area contributed by atoms with Crippen molar-refractivity contribution in [3.05, 3.63) is 52.4 Å². The Kier molecular flexibility index (Phi) is 4.84. The maximum Gasteiger partial charge on any atom is 0.169 e. The van der Waals surface area contributed by atoms with Crippen LogP contribution in [0.5, 0.6) is 5.75 Å². The number of ether oxygens (including phenoxy) is 1. The Morgan fingerprint density at radius 3 is 2.89 bits per heavy atom. The van der Waals surface area contributed by atoms with Crippen LogP contribution in [-0.2, 0) is 13.0 Å². The van der Waals surface area contributed by atoms with Gasteiger partial charge in [0.1, 0.15) is 11.5 Å². The summed E-state index contributed by atoms with van der Waals surface area (Å²) in [6.45, 7) is 1.65. The van der Waals surface area contributed by atoms with Gasteiger partial charge in [0, 0.05) is 0 Å². The summed E-state index contributed by atoms with van der Waals surface area (Å²) in [4.78, 5) is 0. The summed E-state index contributed by atoms with van der Waals surface area (Å²) in [7, 11) is 1.69. The van der Waals surface area contributed by atoms with E-state index in [1.807, 2.05) is 24.3 Å². The largest absolute Gasteiger partial charge is 0.497 e. The van der Waals surface area contributed by atoms with Crippen molar-refractivity contribution in [3.63, 3.8) is 0 Å². The number of rotatable bonds is 6. The second-order valence-corrected chi connectivity index (χ2v) is 4.77. The maximum absolute atomic E-state index is 5.41. The average Bonchev–Trinajstić information content (AvgIpc) is 2.81. The molecule has 0 atom stereocenters. The van der Waals surface area contributed by atoms with Crippen LogP contribution < -0.4 is 10.1 Å². The van der Waals surface area contributed by atoms with Crippen molar-refractivity contribution >= 4 is 15.9 Å². The van der Waals surface area contributed by atoms with Crippen LogP contribution >= 0.6 is 15.9 Å². The molecule has 0 saturated carbocycles. The molecular formula is C14H16BrNO2. The molecule has 0 saturated heterocycles. The fourth-order valence-corrected chi connectivity index (χ4v) is 2.06.